The molecule has 0 radical (unpaired) electrons. The number of nitrogens with one attached hydrogen (secondary N) is 2. The highest BCUT2D eigenvalue weighted by Crippen LogP contribution is 2.23. The van der Waals surface area contributed by atoms with Crippen molar-refractivity contribution in [2.24, 2.45) is 0 Å². The van der Waals surface area contributed by atoms with Crippen molar-refractivity contribution < 1.29 is 8.78 Å². The second kappa shape index (κ2) is 6.03. The fourth-order valence-corrected chi connectivity index (χ4v) is 2.51. The van der Waals surface area contributed by atoms with Crippen LogP contribution in [0.5, 0.6) is 0 Å². The molecule has 0 saturated heterocycles. The standard InChI is InChI=1S/C15H16F2N4/c16-10-5-6-13(12(17)7-10)21-15-8-14(18-9-19-15)20-11-3-1-2-4-11/h5-9,11H,1-4H2,(H2,18,19,20,21). The molecule has 0 amide bonds. The summed E-state index contributed by atoms with van der Waals surface area (Å²) < 4.78 is 26.5. The number of halogens is 2. The average Bonchev–Trinajstić information content (AvgIpc) is 2.95. The van der Waals surface area contributed by atoms with Crippen LogP contribution in [0.4, 0.5) is 26.1 Å². The quantitative estimate of drug-likeness (QED) is 0.898. The van der Waals surface area contributed by atoms with Gasteiger partial charge in [-0.15, -0.1) is 0 Å². The van der Waals surface area contributed by atoms with E-state index in [2.05, 4.69) is 20.6 Å². The van der Waals surface area contributed by atoms with E-state index in [1.807, 2.05) is 0 Å². The molecule has 0 bridgehead atoms. The summed E-state index contributed by atoms with van der Waals surface area (Å²) in [5.74, 6) is -0.0823. The zero-order valence-corrected chi connectivity index (χ0v) is 11.4. The third-order valence-electron chi connectivity index (χ3n) is 3.57. The van der Waals surface area contributed by atoms with Gasteiger partial charge in [-0.25, -0.2) is 18.7 Å². The molecular weight excluding hydrogens is 274 g/mol. The molecule has 3 rings (SSSR count). The summed E-state index contributed by atoms with van der Waals surface area (Å²) in [6.07, 6.45) is 6.16. The van der Waals surface area contributed by atoms with Gasteiger partial charge in [0.15, 0.2) is 0 Å². The Labute approximate surface area is 121 Å². The van der Waals surface area contributed by atoms with Gasteiger partial charge in [0.2, 0.25) is 0 Å². The maximum absolute atomic E-state index is 13.6. The zero-order chi connectivity index (χ0) is 14.7. The minimum atomic E-state index is -0.654. The van der Waals surface area contributed by atoms with Crippen LogP contribution in [0.25, 0.3) is 0 Å². The molecule has 2 aromatic rings. The van der Waals surface area contributed by atoms with E-state index < -0.39 is 11.6 Å². The van der Waals surface area contributed by atoms with Gasteiger partial charge in [0.25, 0.3) is 0 Å². The normalized spacial score (nSPS) is 15.1. The lowest BCUT2D eigenvalue weighted by atomic mass is 10.2. The van der Waals surface area contributed by atoms with Crippen LogP contribution in [-0.4, -0.2) is 16.0 Å². The van der Waals surface area contributed by atoms with Crippen molar-refractivity contribution in [3.8, 4) is 0 Å². The number of aromatic nitrogens is 2. The fraction of sp³-hybridized carbons (Fsp3) is 0.333. The third kappa shape index (κ3) is 3.45. The first-order chi connectivity index (χ1) is 10.2. The van der Waals surface area contributed by atoms with Crippen LogP contribution in [0.15, 0.2) is 30.6 Å². The summed E-state index contributed by atoms with van der Waals surface area (Å²) in [6, 6.07) is 5.54. The van der Waals surface area contributed by atoms with Crippen molar-refractivity contribution in [1.82, 2.24) is 9.97 Å². The molecule has 6 heteroatoms. The summed E-state index contributed by atoms with van der Waals surface area (Å²) in [4.78, 5) is 8.22. The molecule has 0 unspecified atom stereocenters. The summed E-state index contributed by atoms with van der Waals surface area (Å²) in [6.45, 7) is 0. The molecule has 1 aliphatic carbocycles. The molecule has 0 atom stereocenters. The summed E-state index contributed by atoms with van der Waals surface area (Å²) >= 11 is 0. The average molecular weight is 290 g/mol. The van der Waals surface area contributed by atoms with E-state index in [9.17, 15) is 8.78 Å². The number of rotatable bonds is 4. The molecule has 1 aromatic heterocycles. The highest BCUT2D eigenvalue weighted by molar-refractivity contribution is 5.59. The van der Waals surface area contributed by atoms with Crippen molar-refractivity contribution in [2.45, 2.75) is 31.7 Å². The molecule has 0 spiro atoms. The number of benzene rings is 1. The second-order valence-corrected chi connectivity index (χ2v) is 5.16. The van der Waals surface area contributed by atoms with E-state index in [-0.39, 0.29) is 5.69 Å². The van der Waals surface area contributed by atoms with Crippen molar-refractivity contribution in [3.05, 3.63) is 42.2 Å². The first-order valence-electron chi connectivity index (χ1n) is 7.01. The lowest BCUT2D eigenvalue weighted by Crippen LogP contribution is -2.15. The van der Waals surface area contributed by atoms with E-state index in [0.717, 1.165) is 18.9 Å². The number of anilines is 3. The zero-order valence-electron chi connectivity index (χ0n) is 11.4. The molecule has 1 fully saturated rings. The van der Waals surface area contributed by atoms with Crippen LogP contribution in [0.1, 0.15) is 25.7 Å². The lowest BCUT2D eigenvalue weighted by molar-refractivity contribution is 0.586. The first kappa shape index (κ1) is 13.7. The maximum Gasteiger partial charge on any atom is 0.149 e. The molecule has 1 heterocycles. The lowest BCUT2D eigenvalue weighted by Gasteiger charge is -2.13. The Kier molecular flexibility index (Phi) is 3.94. The van der Waals surface area contributed by atoms with Crippen LogP contribution in [-0.2, 0) is 0 Å². The Morgan fingerprint density at radius 2 is 1.76 bits per heavy atom. The highest BCUT2D eigenvalue weighted by Gasteiger charge is 2.15. The Hall–Kier alpha value is -2.24. The topological polar surface area (TPSA) is 49.8 Å². The molecule has 110 valence electrons. The van der Waals surface area contributed by atoms with Gasteiger partial charge in [0, 0.05) is 18.2 Å². The Bertz CT molecular complexity index is 627. The molecule has 2 N–H and O–H groups in total. The van der Waals surface area contributed by atoms with Crippen molar-refractivity contribution in [1.29, 1.82) is 0 Å². The van der Waals surface area contributed by atoms with Crippen LogP contribution in [0.2, 0.25) is 0 Å². The van der Waals surface area contributed by atoms with E-state index in [1.165, 1.54) is 31.3 Å². The minimum absolute atomic E-state index is 0.182. The van der Waals surface area contributed by atoms with Gasteiger partial charge in [0.1, 0.15) is 29.6 Å². The monoisotopic (exact) mass is 290 g/mol. The van der Waals surface area contributed by atoms with Gasteiger partial charge in [-0.05, 0) is 25.0 Å². The van der Waals surface area contributed by atoms with Crippen molar-refractivity contribution in [3.63, 3.8) is 0 Å². The van der Waals surface area contributed by atoms with Crippen LogP contribution in [0, 0.1) is 11.6 Å². The van der Waals surface area contributed by atoms with E-state index in [4.69, 9.17) is 0 Å². The predicted molar refractivity (Wildman–Crippen MR) is 77.6 cm³/mol. The summed E-state index contributed by atoms with van der Waals surface area (Å²) in [7, 11) is 0. The second-order valence-electron chi connectivity index (χ2n) is 5.16. The molecule has 1 aromatic carbocycles. The summed E-state index contributed by atoms with van der Waals surface area (Å²) in [5.41, 5.74) is 0.182. The smallest absolute Gasteiger partial charge is 0.149 e. The molecule has 4 nitrogen and oxygen atoms in total. The van der Waals surface area contributed by atoms with Crippen LogP contribution < -0.4 is 10.6 Å². The fourth-order valence-electron chi connectivity index (χ4n) is 2.51. The first-order valence-corrected chi connectivity index (χ1v) is 7.01. The van der Waals surface area contributed by atoms with Gasteiger partial charge in [-0.3, -0.25) is 0 Å². The molecule has 0 aliphatic heterocycles. The SMILES string of the molecule is Fc1ccc(Nc2cc(NC3CCCC3)ncn2)c(F)c1. The van der Waals surface area contributed by atoms with Crippen LogP contribution >= 0.6 is 0 Å². The van der Waals surface area contributed by atoms with Crippen molar-refractivity contribution in [2.75, 3.05) is 10.6 Å². The van der Waals surface area contributed by atoms with E-state index in [1.54, 1.807) is 6.07 Å². The number of hydrogen-bond acceptors (Lipinski definition) is 4. The van der Waals surface area contributed by atoms with Gasteiger partial charge >= 0.3 is 0 Å². The number of hydrogen-bond donors (Lipinski definition) is 2. The third-order valence-corrected chi connectivity index (χ3v) is 3.57. The Morgan fingerprint density at radius 3 is 2.52 bits per heavy atom. The predicted octanol–water partition coefficient (Wildman–Crippen LogP) is 3.85. The van der Waals surface area contributed by atoms with E-state index in [0.29, 0.717) is 17.7 Å². The maximum atomic E-state index is 13.6. The number of nitrogens with zero attached hydrogens (tertiary/aromatic N) is 2. The molecule has 21 heavy (non-hydrogen) atoms. The van der Waals surface area contributed by atoms with Gasteiger partial charge in [-0.2, -0.15) is 0 Å². The Morgan fingerprint density at radius 1 is 1.00 bits per heavy atom. The molecular formula is C15H16F2N4. The van der Waals surface area contributed by atoms with Crippen molar-refractivity contribution >= 4 is 17.3 Å². The van der Waals surface area contributed by atoms with Crippen LogP contribution in [0.3, 0.4) is 0 Å². The van der Waals surface area contributed by atoms with Gasteiger partial charge < -0.3 is 10.6 Å². The summed E-state index contributed by atoms with van der Waals surface area (Å²) in [5, 5.41) is 6.18. The minimum Gasteiger partial charge on any atom is -0.367 e. The molecule has 1 saturated carbocycles. The van der Waals surface area contributed by atoms with E-state index >= 15 is 0 Å². The van der Waals surface area contributed by atoms with Gasteiger partial charge in [0.05, 0.1) is 5.69 Å². The van der Waals surface area contributed by atoms with Gasteiger partial charge in [-0.1, -0.05) is 12.8 Å². The Balaban J connectivity index is 1.73. The molecule has 1 aliphatic rings. The highest BCUT2D eigenvalue weighted by atomic mass is 19.1. The largest absolute Gasteiger partial charge is 0.367 e.